The number of para-hydroxylation sites is 1. The fourth-order valence-electron chi connectivity index (χ4n) is 4.68. The van der Waals surface area contributed by atoms with Crippen LogP contribution in [0.1, 0.15) is 37.3 Å². The van der Waals surface area contributed by atoms with Crippen molar-refractivity contribution in [3.8, 4) is 34.8 Å². The highest BCUT2D eigenvalue weighted by Crippen LogP contribution is 2.34. The van der Waals surface area contributed by atoms with Crippen LogP contribution in [0.15, 0.2) is 46.9 Å². The Kier molecular flexibility index (Phi) is 7.81. The van der Waals surface area contributed by atoms with Crippen molar-refractivity contribution in [3.05, 3.63) is 53.6 Å². The Labute approximate surface area is 230 Å². The van der Waals surface area contributed by atoms with E-state index >= 15 is 0 Å². The minimum atomic E-state index is -0.993. The van der Waals surface area contributed by atoms with Crippen molar-refractivity contribution in [2.45, 2.75) is 46.1 Å². The molecule has 1 amide bonds. The number of rotatable bonds is 10. The monoisotopic (exact) mass is 546 g/mol. The van der Waals surface area contributed by atoms with E-state index in [1.807, 2.05) is 51.1 Å². The highest BCUT2D eigenvalue weighted by Gasteiger charge is 2.34. The quantitative estimate of drug-likeness (QED) is 0.291. The minimum Gasteiger partial charge on any atom is -0.483 e. The number of aryl methyl sites for hydroxylation is 2. The number of carbonyl (C=O) groups is 2. The number of aliphatic carboxylic acids is 1. The Hall–Kier alpha value is -4.67. The summed E-state index contributed by atoms with van der Waals surface area (Å²) in [4.78, 5) is 38.9. The Balaban J connectivity index is 1.39. The lowest BCUT2D eigenvalue weighted by atomic mass is 10.1. The van der Waals surface area contributed by atoms with E-state index in [1.54, 1.807) is 12.1 Å². The average molecular weight is 547 g/mol. The van der Waals surface area contributed by atoms with Gasteiger partial charge in [-0.05, 0) is 68.5 Å². The third kappa shape index (κ3) is 5.68. The number of carbonyl (C=O) groups excluding carboxylic acids is 1. The molecule has 1 unspecified atom stereocenters. The molecule has 3 heterocycles. The smallest absolute Gasteiger partial charge is 0.328 e. The van der Waals surface area contributed by atoms with Crippen molar-refractivity contribution < 1.29 is 33.3 Å². The Morgan fingerprint density at radius 1 is 1.07 bits per heavy atom. The van der Waals surface area contributed by atoms with E-state index in [0.29, 0.717) is 54.5 Å². The fourth-order valence-corrected chi connectivity index (χ4v) is 4.68. The normalized spacial score (nSPS) is 14.9. The summed E-state index contributed by atoms with van der Waals surface area (Å²) in [5, 5.41) is 9.37. The van der Waals surface area contributed by atoms with E-state index in [4.69, 9.17) is 18.6 Å². The molecule has 1 aliphatic rings. The zero-order valence-corrected chi connectivity index (χ0v) is 22.5. The molecule has 0 aliphatic carbocycles. The SMILES string of the molecule is CCCOc1nc(Oc2ccccc2)nc2oc(-c3cc(C)c(OCC(=O)N4CCCC4C(=O)O)c(C)c3)nc12. The molecule has 5 rings (SSSR count). The van der Waals surface area contributed by atoms with Gasteiger partial charge in [0.15, 0.2) is 12.1 Å². The van der Waals surface area contributed by atoms with Crippen LogP contribution in [-0.2, 0) is 9.59 Å². The van der Waals surface area contributed by atoms with E-state index in [1.165, 1.54) is 4.90 Å². The molecule has 11 nitrogen and oxygen atoms in total. The fraction of sp³-hybridized carbons (Fsp3) is 0.345. The molecule has 0 saturated carbocycles. The number of hydrogen-bond acceptors (Lipinski definition) is 9. The third-order valence-electron chi connectivity index (χ3n) is 6.51. The van der Waals surface area contributed by atoms with Crippen LogP contribution in [0, 0.1) is 13.8 Å². The number of carboxylic acid groups (broad SMARTS) is 1. The predicted molar refractivity (Wildman–Crippen MR) is 145 cm³/mol. The molecule has 1 N–H and O–H groups in total. The number of oxazole rings is 1. The second-order valence-electron chi connectivity index (χ2n) is 9.56. The average Bonchev–Trinajstić information content (AvgIpc) is 3.60. The van der Waals surface area contributed by atoms with Gasteiger partial charge >= 0.3 is 12.0 Å². The van der Waals surface area contributed by atoms with Crippen LogP contribution in [0.5, 0.6) is 23.4 Å². The van der Waals surface area contributed by atoms with Crippen LogP contribution < -0.4 is 14.2 Å². The summed E-state index contributed by atoms with van der Waals surface area (Å²) in [6, 6.07) is 12.1. The molecule has 0 bridgehead atoms. The highest BCUT2D eigenvalue weighted by atomic mass is 16.5. The molecule has 0 spiro atoms. The van der Waals surface area contributed by atoms with Crippen molar-refractivity contribution in [1.29, 1.82) is 0 Å². The van der Waals surface area contributed by atoms with Crippen molar-refractivity contribution >= 4 is 23.1 Å². The highest BCUT2D eigenvalue weighted by molar-refractivity contribution is 5.85. The lowest BCUT2D eigenvalue weighted by Crippen LogP contribution is -2.42. The number of aromatic nitrogens is 3. The molecule has 4 aromatic rings. The molecular formula is C29H30N4O7. The third-order valence-corrected chi connectivity index (χ3v) is 6.51. The van der Waals surface area contributed by atoms with Gasteiger partial charge in [-0.15, -0.1) is 0 Å². The Morgan fingerprint density at radius 2 is 1.82 bits per heavy atom. The van der Waals surface area contributed by atoms with E-state index < -0.39 is 12.0 Å². The summed E-state index contributed by atoms with van der Waals surface area (Å²) in [5.74, 6) is 0.362. The maximum atomic E-state index is 12.7. The first-order valence-corrected chi connectivity index (χ1v) is 13.1. The van der Waals surface area contributed by atoms with E-state index in [-0.39, 0.29) is 30.1 Å². The second-order valence-corrected chi connectivity index (χ2v) is 9.56. The lowest BCUT2D eigenvalue weighted by molar-refractivity contribution is -0.149. The lowest BCUT2D eigenvalue weighted by Gasteiger charge is -2.22. The standard InChI is InChI=1S/C29H30N4O7/c1-4-13-37-26-23-27(32-29(31-26)39-20-9-6-5-7-10-20)40-25(30-23)19-14-17(2)24(18(3)15-19)38-16-22(34)33-12-8-11-21(33)28(35)36/h5-7,9-10,14-15,21H,4,8,11-13,16H2,1-3H3,(H,35,36). The maximum Gasteiger partial charge on any atom is 0.328 e. The summed E-state index contributed by atoms with van der Waals surface area (Å²) in [6.45, 7) is 6.32. The van der Waals surface area contributed by atoms with Crippen LogP contribution in [0.4, 0.5) is 0 Å². The number of benzene rings is 2. The number of nitrogens with zero attached hydrogens (tertiary/aromatic N) is 4. The zero-order valence-electron chi connectivity index (χ0n) is 22.5. The van der Waals surface area contributed by atoms with Crippen molar-refractivity contribution in [3.63, 3.8) is 0 Å². The van der Waals surface area contributed by atoms with Gasteiger partial charge < -0.3 is 28.6 Å². The zero-order chi connectivity index (χ0) is 28.2. The van der Waals surface area contributed by atoms with Crippen molar-refractivity contribution in [2.24, 2.45) is 0 Å². The molecule has 208 valence electrons. The molecule has 1 atom stereocenters. The molecular weight excluding hydrogens is 516 g/mol. The largest absolute Gasteiger partial charge is 0.483 e. The summed E-state index contributed by atoms with van der Waals surface area (Å²) in [7, 11) is 0. The molecule has 0 radical (unpaired) electrons. The topological polar surface area (TPSA) is 137 Å². The number of hydrogen-bond donors (Lipinski definition) is 1. The molecule has 11 heteroatoms. The number of amides is 1. The van der Waals surface area contributed by atoms with Gasteiger partial charge in [-0.2, -0.15) is 9.97 Å². The first-order chi connectivity index (χ1) is 19.3. The number of likely N-dealkylation sites (tertiary alicyclic amines) is 1. The number of fused-ring (bicyclic) bond motifs is 1. The van der Waals surface area contributed by atoms with Gasteiger partial charge in [-0.3, -0.25) is 4.79 Å². The van der Waals surface area contributed by atoms with E-state index in [2.05, 4.69) is 15.0 Å². The van der Waals surface area contributed by atoms with Gasteiger partial charge in [0.05, 0.1) is 6.61 Å². The maximum absolute atomic E-state index is 12.7. The summed E-state index contributed by atoms with van der Waals surface area (Å²) in [5.41, 5.74) is 2.82. The van der Waals surface area contributed by atoms with Crippen LogP contribution >= 0.6 is 0 Å². The van der Waals surface area contributed by atoms with Crippen LogP contribution in [0.2, 0.25) is 0 Å². The molecule has 2 aromatic heterocycles. The first-order valence-electron chi connectivity index (χ1n) is 13.1. The predicted octanol–water partition coefficient (Wildman–Crippen LogP) is 4.94. The van der Waals surface area contributed by atoms with Gasteiger partial charge in [0.2, 0.25) is 5.89 Å². The van der Waals surface area contributed by atoms with Crippen LogP contribution in [0.3, 0.4) is 0 Å². The van der Waals surface area contributed by atoms with Crippen LogP contribution in [-0.4, -0.2) is 62.6 Å². The second kappa shape index (κ2) is 11.6. The summed E-state index contributed by atoms with van der Waals surface area (Å²) >= 11 is 0. The minimum absolute atomic E-state index is 0.0800. The van der Waals surface area contributed by atoms with Gasteiger partial charge in [0.1, 0.15) is 17.5 Å². The van der Waals surface area contributed by atoms with Gasteiger partial charge in [0, 0.05) is 12.1 Å². The Morgan fingerprint density at radius 3 is 2.52 bits per heavy atom. The van der Waals surface area contributed by atoms with Gasteiger partial charge in [0.25, 0.3) is 17.5 Å². The van der Waals surface area contributed by atoms with Gasteiger partial charge in [-0.25, -0.2) is 9.78 Å². The Bertz CT molecular complexity index is 1510. The number of carboxylic acids is 1. The van der Waals surface area contributed by atoms with Gasteiger partial charge in [-0.1, -0.05) is 25.1 Å². The van der Waals surface area contributed by atoms with Crippen LogP contribution in [0.25, 0.3) is 22.7 Å². The molecule has 2 aromatic carbocycles. The van der Waals surface area contributed by atoms with E-state index in [9.17, 15) is 14.7 Å². The van der Waals surface area contributed by atoms with E-state index in [0.717, 1.165) is 17.5 Å². The summed E-state index contributed by atoms with van der Waals surface area (Å²) < 4.78 is 23.5. The molecule has 40 heavy (non-hydrogen) atoms. The molecule has 1 aliphatic heterocycles. The first kappa shape index (κ1) is 26.9. The number of ether oxygens (including phenoxy) is 3. The van der Waals surface area contributed by atoms with Crippen molar-refractivity contribution in [2.75, 3.05) is 19.8 Å². The van der Waals surface area contributed by atoms with Crippen molar-refractivity contribution in [1.82, 2.24) is 19.9 Å². The summed E-state index contributed by atoms with van der Waals surface area (Å²) in [6.07, 6.45) is 1.89. The molecule has 1 fully saturated rings. The molecule has 1 saturated heterocycles.